The van der Waals surface area contributed by atoms with Crippen LogP contribution in [0.5, 0.6) is 0 Å². The lowest BCUT2D eigenvalue weighted by Gasteiger charge is -2.36. The number of aliphatic imine (C=N–C) groups is 1. The van der Waals surface area contributed by atoms with Crippen LogP contribution < -0.4 is 0 Å². The fourth-order valence-corrected chi connectivity index (χ4v) is 4.69. The van der Waals surface area contributed by atoms with Crippen LogP contribution in [-0.4, -0.2) is 28.6 Å². The highest BCUT2D eigenvalue weighted by atomic mass is 35.5. The first kappa shape index (κ1) is 21.4. The number of ketones is 1. The zero-order chi connectivity index (χ0) is 22.1. The SMILES string of the molecule is CC1=NC2=C(C(=O)C[C@@H](c3ccc(Cl)cc3)C2)[C@@H](c2cccnc2)C1C(=O)OC(C)C. The van der Waals surface area contributed by atoms with Crippen LogP contribution in [0.3, 0.4) is 0 Å². The van der Waals surface area contributed by atoms with Crippen molar-refractivity contribution in [3.63, 3.8) is 0 Å². The van der Waals surface area contributed by atoms with E-state index >= 15 is 0 Å². The first-order valence-corrected chi connectivity index (χ1v) is 10.9. The zero-order valence-electron chi connectivity index (χ0n) is 17.8. The Morgan fingerprint density at radius 1 is 1.13 bits per heavy atom. The smallest absolute Gasteiger partial charge is 0.315 e. The van der Waals surface area contributed by atoms with Gasteiger partial charge in [-0.25, -0.2) is 0 Å². The Balaban J connectivity index is 1.77. The molecule has 3 atom stereocenters. The molecular formula is C25H25ClN2O3. The molecule has 1 aliphatic carbocycles. The number of esters is 1. The minimum absolute atomic E-state index is 0.0219. The van der Waals surface area contributed by atoms with Crippen molar-refractivity contribution in [3.8, 4) is 0 Å². The third-order valence-electron chi connectivity index (χ3n) is 5.88. The Hall–Kier alpha value is -2.79. The number of carbonyl (C=O) groups is 2. The summed E-state index contributed by atoms with van der Waals surface area (Å²) in [5.41, 5.74) is 3.94. The van der Waals surface area contributed by atoms with Gasteiger partial charge in [-0.3, -0.25) is 19.6 Å². The van der Waals surface area contributed by atoms with E-state index in [9.17, 15) is 9.59 Å². The summed E-state index contributed by atoms with van der Waals surface area (Å²) in [6.45, 7) is 5.48. The molecule has 160 valence electrons. The number of allylic oxidation sites excluding steroid dienone is 2. The van der Waals surface area contributed by atoms with Crippen LogP contribution in [0.25, 0.3) is 0 Å². The lowest BCUT2D eigenvalue weighted by molar-refractivity contribution is -0.150. The number of ether oxygens (including phenoxy) is 1. The molecule has 1 aromatic carbocycles. The van der Waals surface area contributed by atoms with Crippen molar-refractivity contribution in [1.29, 1.82) is 0 Å². The fraction of sp³-hybridized carbons (Fsp3) is 0.360. The summed E-state index contributed by atoms with van der Waals surface area (Å²) < 4.78 is 5.54. The van der Waals surface area contributed by atoms with Gasteiger partial charge in [-0.1, -0.05) is 29.8 Å². The van der Waals surface area contributed by atoms with Crippen LogP contribution >= 0.6 is 11.6 Å². The number of Topliss-reactive ketones (excluding diaryl/α,β-unsaturated/α-hetero) is 1. The maximum atomic E-state index is 13.4. The predicted molar refractivity (Wildman–Crippen MR) is 120 cm³/mol. The molecule has 1 unspecified atom stereocenters. The molecule has 0 N–H and O–H groups in total. The van der Waals surface area contributed by atoms with Gasteiger partial charge in [0.2, 0.25) is 0 Å². The van der Waals surface area contributed by atoms with E-state index in [1.807, 2.05) is 57.2 Å². The Bertz CT molecular complexity index is 1060. The van der Waals surface area contributed by atoms with Crippen molar-refractivity contribution in [2.75, 3.05) is 0 Å². The molecule has 2 aromatic rings. The number of benzene rings is 1. The summed E-state index contributed by atoms with van der Waals surface area (Å²) in [6.07, 6.45) is 4.17. The van der Waals surface area contributed by atoms with E-state index in [0.29, 0.717) is 29.1 Å². The molecule has 0 spiro atoms. The normalized spacial score (nSPS) is 23.5. The molecule has 0 amide bonds. The average molecular weight is 437 g/mol. The summed E-state index contributed by atoms with van der Waals surface area (Å²) in [7, 11) is 0. The van der Waals surface area contributed by atoms with E-state index in [0.717, 1.165) is 16.8 Å². The highest BCUT2D eigenvalue weighted by Gasteiger charge is 2.45. The molecule has 2 heterocycles. The van der Waals surface area contributed by atoms with Crippen LogP contribution in [0.2, 0.25) is 5.02 Å². The van der Waals surface area contributed by atoms with E-state index < -0.39 is 11.8 Å². The fourth-order valence-electron chi connectivity index (χ4n) is 4.56. The van der Waals surface area contributed by atoms with E-state index in [-0.39, 0.29) is 23.8 Å². The molecular weight excluding hydrogens is 412 g/mol. The second kappa shape index (κ2) is 8.75. The highest BCUT2D eigenvalue weighted by molar-refractivity contribution is 6.30. The maximum Gasteiger partial charge on any atom is 0.315 e. The number of aromatic nitrogens is 1. The molecule has 31 heavy (non-hydrogen) atoms. The van der Waals surface area contributed by atoms with Gasteiger partial charge in [0.15, 0.2) is 5.78 Å². The first-order chi connectivity index (χ1) is 14.8. The highest BCUT2D eigenvalue weighted by Crippen LogP contribution is 2.46. The Morgan fingerprint density at radius 3 is 2.52 bits per heavy atom. The van der Waals surface area contributed by atoms with Crippen molar-refractivity contribution in [2.24, 2.45) is 10.9 Å². The molecule has 4 rings (SSSR count). The van der Waals surface area contributed by atoms with E-state index in [1.165, 1.54) is 0 Å². The largest absolute Gasteiger partial charge is 0.462 e. The topological polar surface area (TPSA) is 68.6 Å². The summed E-state index contributed by atoms with van der Waals surface area (Å²) in [4.78, 5) is 35.5. The summed E-state index contributed by atoms with van der Waals surface area (Å²) >= 11 is 6.03. The van der Waals surface area contributed by atoms with Crippen molar-refractivity contribution in [3.05, 3.63) is 76.2 Å². The van der Waals surface area contributed by atoms with E-state index in [4.69, 9.17) is 21.3 Å². The van der Waals surface area contributed by atoms with Gasteiger partial charge in [0.05, 0.1) is 6.10 Å². The number of nitrogens with zero attached hydrogens (tertiary/aromatic N) is 2. The standard InChI is InChI=1S/C25H25ClN2O3/c1-14(2)31-25(30)22-15(3)28-20-11-18(16-6-8-19(26)9-7-16)12-21(29)24(20)23(22)17-5-4-10-27-13-17/h4-10,13-14,18,22-23H,11-12H2,1-3H3/t18-,22?,23-/m0/s1. The average Bonchev–Trinajstić information content (AvgIpc) is 2.73. The molecule has 5 nitrogen and oxygen atoms in total. The summed E-state index contributed by atoms with van der Waals surface area (Å²) in [6, 6.07) is 11.4. The number of carbonyl (C=O) groups excluding carboxylic acids is 2. The van der Waals surface area contributed by atoms with Gasteiger partial charge in [0.25, 0.3) is 0 Å². The van der Waals surface area contributed by atoms with Gasteiger partial charge >= 0.3 is 5.97 Å². The Labute approximate surface area is 187 Å². The molecule has 1 aliphatic heterocycles. The number of pyridine rings is 1. The van der Waals surface area contributed by atoms with E-state index in [2.05, 4.69) is 4.98 Å². The van der Waals surface area contributed by atoms with Crippen molar-refractivity contribution >= 4 is 29.1 Å². The van der Waals surface area contributed by atoms with Crippen LogP contribution in [0, 0.1) is 5.92 Å². The van der Waals surface area contributed by atoms with Crippen LogP contribution in [-0.2, 0) is 14.3 Å². The Kier molecular flexibility index (Phi) is 6.05. The quantitative estimate of drug-likeness (QED) is 0.613. The van der Waals surface area contributed by atoms with Gasteiger partial charge in [-0.2, -0.15) is 0 Å². The van der Waals surface area contributed by atoms with Gasteiger partial charge in [-0.15, -0.1) is 0 Å². The zero-order valence-corrected chi connectivity index (χ0v) is 18.6. The lowest BCUT2D eigenvalue weighted by atomic mass is 9.69. The van der Waals surface area contributed by atoms with Crippen LogP contribution in [0.15, 0.2) is 65.1 Å². The summed E-state index contributed by atoms with van der Waals surface area (Å²) in [5, 5.41) is 0.667. The summed E-state index contributed by atoms with van der Waals surface area (Å²) in [5.74, 6) is -1.38. The monoisotopic (exact) mass is 436 g/mol. The first-order valence-electron chi connectivity index (χ1n) is 10.5. The van der Waals surface area contributed by atoms with Gasteiger partial charge in [-0.05, 0) is 62.4 Å². The van der Waals surface area contributed by atoms with Crippen LogP contribution in [0.1, 0.15) is 56.6 Å². The van der Waals surface area contributed by atoms with E-state index in [1.54, 1.807) is 12.4 Å². The van der Waals surface area contributed by atoms with Crippen molar-refractivity contribution < 1.29 is 14.3 Å². The molecule has 0 bridgehead atoms. The molecule has 1 aromatic heterocycles. The number of halogens is 1. The minimum atomic E-state index is -0.638. The number of rotatable bonds is 4. The molecule has 0 saturated heterocycles. The second-order valence-corrected chi connectivity index (χ2v) is 8.86. The van der Waals surface area contributed by atoms with Crippen LogP contribution in [0.4, 0.5) is 0 Å². The molecule has 0 saturated carbocycles. The minimum Gasteiger partial charge on any atom is -0.462 e. The lowest BCUT2D eigenvalue weighted by Crippen LogP contribution is -2.38. The van der Waals surface area contributed by atoms with Gasteiger partial charge in [0.1, 0.15) is 5.92 Å². The Morgan fingerprint density at radius 2 is 1.87 bits per heavy atom. The van der Waals surface area contributed by atoms with Crippen molar-refractivity contribution in [1.82, 2.24) is 4.98 Å². The molecule has 0 radical (unpaired) electrons. The van der Waals surface area contributed by atoms with Gasteiger partial charge < -0.3 is 4.74 Å². The van der Waals surface area contributed by atoms with Gasteiger partial charge in [0, 0.05) is 46.7 Å². The molecule has 0 fully saturated rings. The third kappa shape index (κ3) is 4.33. The predicted octanol–water partition coefficient (Wildman–Crippen LogP) is 5.26. The van der Waals surface area contributed by atoms with Crippen molar-refractivity contribution in [2.45, 2.75) is 51.6 Å². The third-order valence-corrected chi connectivity index (χ3v) is 6.13. The maximum absolute atomic E-state index is 13.4. The molecule has 2 aliphatic rings. The number of hydrogen-bond donors (Lipinski definition) is 0. The molecule has 6 heteroatoms. The second-order valence-electron chi connectivity index (χ2n) is 8.42. The number of hydrogen-bond acceptors (Lipinski definition) is 5.